The first-order chi connectivity index (χ1) is 9.90. The van der Waals surface area contributed by atoms with E-state index < -0.39 is 18.4 Å². The number of alkyl halides is 2. The Hall–Kier alpha value is -1.50. The van der Waals surface area contributed by atoms with Crippen LogP contribution in [0.2, 0.25) is 0 Å². The number of aromatic nitrogens is 2. The Balaban J connectivity index is 2.26. The molecule has 1 aromatic rings. The number of carbonyl (C=O) groups is 1. The smallest absolute Gasteiger partial charge is 0.280 e. The fourth-order valence-electron chi connectivity index (χ4n) is 2.59. The number of rotatable bonds is 4. The number of hydrogen-bond donors (Lipinski definition) is 1. The van der Waals surface area contributed by atoms with Crippen molar-refractivity contribution < 1.29 is 18.7 Å². The maximum atomic E-state index is 13.3. The van der Waals surface area contributed by atoms with Crippen molar-refractivity contribution in [2.75, 3.05) is 13.1 Å². The van der Waals surface area contributed by atoms with Gasteiger partial charge in [0, 0.05) is 19.6 Å². The number of β-amino-alcohol motifs (C(OH)–C–C–N with tert-alkyl or cyclic N) is 1. The molecule has 0 saturated carbocycles. The molecular formula is C14H21F2N3O2. The van der Waals surface area contributed by atoms with Crippen LogP contribution >= 0.6 is 0 Å². The van der Waals surface area contributed by atoms with E-state index in [0.29, 0.717) is 25.9 Å². The number of halogens is 2. The van der Waals surface area contributed by atoms with E-state index in [1.54, 1.807) is 0 Å². The second-order valence-corrected chi connectivity index (χ2v) is 5.87. The van der Waals surface area contributed by atoms with Crippen LogP contribution in [0.4, 0.5) is 8.78 Å². The van der Waals surface area contributed by atoms with Gasteiger partial charge in [-0.25, -0.2) is 8.78 Å². The third-order valence-electron chi connectivity index (χ3n) is 3.54. The lowest BCUT2D eigenvalue weighted by Crippen LogP contribution is -2.42. The average Bonchev–Trinajstić information content (AvgIpc) is 2.80. The fourth-order valence-corrected chi connectivity index (χ4v) is 2.59. The van der Waals surface area contributed by atoms with Gasteiger partial charge in [0.25, 0.3) is 12.3 Å². The molecule has 1 saturated heterocycles. The quantitative estimate of drug-likeness (QED) is 0.926. The summed E-state index contributed by atoms with van der Waals surface area (Å²) in [6.07, 6.45) is -0.800. The van der Waals surface area contributed by atoms with Crippen LogP contribution in [0.5, 0.6) is 0 Å². The summed E-state index contributed by atoms with van der Waals surface area (Å²) in [4.78, 5) is 13.8. The normalized spacial score (nSPS) is 19.6. The molecule has 1 fully saturated rings. The van der Waals surface area contributed by atoms with Crippen LogP contribution in [0.1, 0.15) is 49.2 Å². The predicted molar refractivity (Wildman–Crippen MR) is 73.2 cm³/mol. The van der Waals surface area contributed by atoms with Gasteiger partial charge in [-0.15, -0.1) is 0 Å². The number of amides is 1. The lowest BCUT2D eigenvalue weighted by molar-refractivity contribution is 0.0465. The molecule has 0 aromatic carbocycles. The largest absolute Gasteiger partial charge is 0.391 e. The number of hydrogen-bond acceptors (Lipinski definition) is 3. The van der Waals surface area contributed by atoms with Gasteiger partial charge in [-0.05, 0) is 18.8 Å². The summed E-state index contributed by atoms with van der Waals surface area (Å²) < 4.78 is 27.8. The van der Waals surface area contributed by atoms with Crippen molar-refractivity contribution in [1.29, 1.82) is 0 Å². The predicted octanol–water partition coefficient (Wildman–Crippen LogP) is 2.07. The fraction of sp³-hybridized carbons (Fsp3) is 0.714. The summed E-state index contributed by atoms with van der Waals surface area (Å²) in [7, 11) is 0. The van der Waals surface area contributed by atoms with Crippen LogP contribution in [0, 0.1) is 5.92 Å². The third-order valence-corrected chi connectivity index (χ3v) is 3.54. The number of carbonyl (C=O) groups excluding carboxylic acids is 1. The zero-order valence-electron chi connectivity index (χ0n) is 12.3. The molecule has 21 heavy (non-hydrogen) atoms. The molecule has 0 bridgehead atoms. The number of nitrogens with zero attached hydrogens (tertiary/aromatic N) is 3. The minimum atomic E-state index is -2.75. The van der Waals surface area contributed by atoms with Crippen LogP contribution in [0.25, 0.3) is 0 Å². The lowest BCUT2D eigenvalue weighted by Gasteiger charge is -2.30. The molecule has 5 nitrogen and oxygen atoms in total. The second-order valence-electron chi connectivity index (χ2n) is 5.87. The van der Waals surface area contributed by atoms with Crippen molar-refractivity contribution in [2.45, 2.75) is 45.8 Å². The van der Waals surface area contributed by atoms with Crippen molar-refractivity contribution in [1.82, 2.24) is 14.7 Å². The van der Waals surface area contributed by atoms with Gasteiger partial charge >= 0.3 is 0 Å². The van der Waals surface area contributed by atoms with Gasteiger partial charge in [-0.2, -0.15) is 5.10 Å². The molecule has 0 spiro atoms. The van der Waals surface area contributed by atoms with Crippen molar-refractivity contribution in [2.24, 2.45) is 5.92 Å². The van der Waals surface area contributed by atoms with Crippen molar-refractivity contribution >= 4 is 5.91 Å². The molecule has 2 heterocycles. The van der Waals surface area contributed by atoms with Crippen LogP contribution in [0.3, 0.4) is 0 Å². The number of aliphatic hydroxyl groups excluding tert-OH is 1. The van der Waals surface area contributed by atoms with Gasteiger partial charge in [-0.1, -0.05) is 13.8 Å². The Morgan fingerprint density at radius 3 is 2.81 bits per heavy atom. The maximum Gasteiger partial charge on any atom is 0.280 e. The van der Waals surface area contributed by atoms with E-state index in [4.69, 9.17) is 0 Å². The first-order valence-electron chi connectivity index (χ1n) is 7.21. The highest BCUT2D eigenvalue weighted by molar-refractivity contribution is 5.95. The molecule has 118 valence electrons. The topological polar surface area (TPSA) is 58.4 Å². The van der Waals surface area contributed by atoms with Crippen LogP contribution in [-0.2, 0) is 6.54 Å². The first-order valence-corrected chi connectivity index (χ1v) is 7.21. The van der Waals surface area contributed by atoms with E-state index in [-0.39, 0.29) is 23.7 Å². The van der Waals surface area contributed by atoms with Gasteiger partial charge in [-0.3, -0.25) is 9.48 Å². The summed E-state index contributed by atoms with van der Waals surface area (Å²) in [5.74, 6) is -0.318. The number of aliphatic hydroxyl groups is 1. The van der Waals surface area contributed by atoms with Gasteiger partial charge in [0.1, 0.15) is 5.69 Å². The summed E-state index contributed by atoms with van der Waals surface area (Å²) in [6, 6.07) is 0. The minimum absolute atomic E-state index is 0.0558. The molecule has 1 aromatic heterocycles. The van der Waals surface area contributed by atoms with E-state index in [0.717, 1.165) is 0 Å². The molecule has 2 rings (SSSR count). The van der Waals surface area contributed by atoms with Gasteiger partial charge in [0.2, 0.25) is 0 Å². The van der Waals surface area contributed by atoms with E-state index in [9.17, 15) is 18.7 Å². The SMILES string of the molecule is CC(C)Cn1ncc(C(=O)N2CCCC(O)C2)c1C(F)F. The second kappa shape index (κ2) is 6.51. The molecule has 7 heteroatoms. The van der Waals surface area contributed by atoms with Crippen molar-refractivity contribution in [3.05, 3.63) is 17.5 Å². The average molecular weight is 301 g/mol. The number of piperidine rings is 1. The summed E-state index contributed by atoms with van der Waals surface area (Å²) in [5.41, 5.74) is -0.381. The Morgan fingerprint density at radius 1 is 1.52 bits per heavy atom. The van der Waals surface area contributed by atoms with E-state index in [1.165, 1.54) is 15.8 Å². The highest BCUT2D eigenvalue weighted by atomic mass is 19.3. The molecule has 1 aliphatic rings. The third kappa shape index (κ3) is 3.58. The number of likely N-dealkylation sites (tertiary alicyclic amines) is 1. The monoisotopic (exact) mass is 301 g/mol. The van der Waals surface area contributed by atoms with E-state index >= 15 is 0 Å². The van der Waals surface area contributed by atoms with E-state index in [2.05, 4.69) is 5.10 Å². The highest BCUT2D eigenvalue weighted by Gasteiger charge is 2.30. The van der Waals surface area contributed by atoms with Crippen molar-refractivity contribution in [3.63, 3.8) is 0 Å². The molecule has 0 aliphatic carbocycles. The molecule has 0 radical (unpaired) electrons. The molecule has 1 aliphatic heterocycles. The van der Waals surface area contributed by atoms with Gasteiger partial charge in [0.05, 0.1) is 17.9 Å². The van der Waals surface area contributed by atoms with Crippen LogP contribution in [-0.4, -0.2) is 44.9 Å². The maximum absolute atomic E-state index is 13.3. The zero-order chi connectivity index (χ0) is 15.6. The van der Waals surface area contributed by atoms with Gasteiger partial charge in [0.15, 0.2) is 0 Å². The molecule has 1 unspecified atom stereocenters. The minimum Gasteiger partial charge on any atom is -0.391 e. The molecule has 1 N–H and O–H groups in total. The van der Waals surface area contributed by atoms with Gasteiger partial charge < -0.3 is 10.0 Å². The lowest BCUT2D eigenvalue weighted by atomic mass is 10.1. The van der Waals surface area contributed by atoms with Crippen LogP contribution < -0.4 is 0 Å². The summed E-state index contributed by atoms with van der Waals surface area (Å²) in [6.45, 7) is 4.82. The molecule has 1 amide bonds. The highest BCUT2D eigenvalue weighted by Crippen LogP contribution is 2.25. The molecular weight excluding hydrogens is 280 g/mol. The summed E-state index contributed by atoms with van der Waals surface area (Å²) >= 11 is 0. The Labute approximate surface area is 122 Å². The Morgan fingerprint density at radius 2 is 2.24 bits per heavy atom. The summed E-state index contributed by atoms with van der Waals surface area (Å²) in [5, 5.41) is 13.6. The standard InChI is InChI=1S/C14H21F2N3O2/c1-9(2)7-19-12(13(15)16)11(6-17-19)14(21)18-5-3-4-10(20)8-18/h6,9-10,13,20H,3-5,7-8H2,1-2H3. The molecule has 1 atom stereocenters. The first kappa shape index (κ1) is 15.9. The van der Waals surface area contributed by atoms with Crippen LogP contribution in [0.15, 0.2) is 6.20 Å². The Bertz CT molecular complexity index is 502. The van der Waals surface area contributed by atoms with Crippen molar-refractivity contribution in [3.8, 4) is 0 Å². The van der Waals surface area contributed by atoms with E-state index in [1.807, 2.05) is 13.8 Å². The zero-order valence-corrected chi connectivity index (χ0v) is 12.3. The Kier molecular flexibility index (Phi) is 4.92.